The highest BCUT2D eigenvalue weighted by Crippen LogP contribution is 2.15. The van der Waals surface area contributed by atoms with E-state index >= 15 is 0 Å². The van der Waals surface area contributed by atoms with E-state index in [1.165, 1.54) is 0 Å². The van der Waals surface area contributed by atoms with Crippen molar-refractivity contribution in [3.05, 3.63) is 23.4 Å². The Kier molecular flexibility index (Phi) is 3.89. The Hall–Kier alpha value is -1.23. The number of aryl methyl sites for hydroxylation is 1. The van der Waals surface area contributed by atoms with Crippen molar-refractivity contribution in [3.63, 3.8) is 0 Å². The molecule has 1 amide bonds. The van der Waals surface area contributed by atoms with Gasteiger partial charge in [0.15, 0.2) is 0 Å². The molecule has 2 rings (SSSR count). The van der Waals surface area contributed by atoms with Crippen molar-refractivity contribution in [1.82, 2.24) is 9.88 Å². The molecule has 0 atom stereocenters. The van der Waals surface area contributed by atoms with Crippen LogP contribution in [0, 0.1) is 6.92 Å². The second kappa shape index (κ2) is 5.40. The highest BCUT2D eigenvalue weighted by Gasteiger charge is 2.19. The van der Waals surface area contributed by atoms with Crippen LogP contribution in [0.4, 0.5) is 5.82 Å². The first-order valence-corrected chi connectivity index (χ1v) is 6.89. The second-order valence-corrected chi connectivity index (χ2v) is 5.26. The van der Waals surface area contributed by atoms with Crippen molar-refractivity contribution in [1.29, 1.82) is 0 Å². The van der Waals surface area contributed by atoms with Gasteiger partial charge >= 0.3 is 0 Å². The minimum Gasteiger partial charge on any atom is -0.373 e. The van der Waals surface area contributed by atoms with Gasteiger partial charge < -0.3 is 10.2 Å². The fourth-order valence-corrected chi connectivity index (χ4v) is 2.77. The Balaban J connectivity index is 2.20. The van der Waals surface area contributed by atoms with Crippen molar-refractivity contribution < 1.29 is 4.79 Å². The lowest BCUT2D eigenvalue weighted by Crippen LogP contribution is -2.37. The molecule has 1 aliphatic rings. The third-order valence-electron chi connectivity index (χ3n) is 2.75. The van der Waals surface area contributed by atoms with Gasteiger partial charge in [-0.05, 0) is 19.1 Å². The molecule has 1 N–H and O–H groups in total. The quantitative estimate of drug-likeness (QED) is 0.867. The molecule has 2 heterocycles. The minimum absolute atomic E-state index is 0.118. The topological polar surface area (TPSA) is 45.2 Å². The average molecular weight is 251 g/mol. The highest BCUT2D eigenvalue weighted by atomic mass is 32.2. The van der Waals surface area contributed by atoms with Crippen LogP contribution in [-0.4, -0.2) is 47.4 Å². The van der Waals surface area contributed by atoms with Gasteiger partial charge in [-0.2, -0.15) is 11.8 Å². The van der Waals surface area contributed by atoms with Crippen LogP contribution in [0.2, 0.25) is 0 Å². The van der Waals surface area contributed by atoms with Gasteiger partial charge in [-0.3, -0.25) is 4.79 Å². The molecule has 1 saturated heterocycles. The Morgan fingerprint density at radius 2 is 2.12 bits per heavy atom. The van der Waals surface area contributed by atoms with Gasteiger partial charge in [0.05, 0.1) is 0 Å². The number of rotatable bonds is 2. The molecule has 92 valence electrons. The molecule has 0 unspecified atom stereocenters. The van der Waals surface area contributed by atoms with Crippen molar-refractivity contribution >= 4 is 23.5 Å². The molecule has 1 aliphatic heterocycles. The number of thioether (sulfide) groups is 1. The molecule has 0 aromatic carbocycles. The number of hydrogen-bond donors (Lipinski definition) is 1. The summed E-state index contributed by atoms with van der Waals surface area (Å²) in [7, 11) is 1.81. The number of nitrogens with one attached hydrogen (secondary N) is 1. The zero-order chi connectivity index (χ0) is 12.3. The van der Waals surface area contributed by atoms with Crippen LogP contribution in [0.15, 0.2) is 12.1 Å². The number of amides is 1. The van der Waals surface area contributed by atoms with Gasteiger partial charge in [0, 0.05) is 42.9 Å². The Morgan fingerprint density at radius 3 is 2.76 bits per heavy atom. The zero-order valence-electron chi connectivity index (χ0n) is 10.2. The fourth-order valence-electron chi connectivity index (χ4n) is 1.87. The number of aromatic nitrogens is 1. The van der Waals surface area contributed by atoms with Crippen LogP contribution >= 0.6 is 11.8 Å². The van der Waals surface area contributed by atoms with Crippen molar-refractivity contribution in [3.8, 4) is 0 Å². The Morgan fingerprint density at radius 1 is 1.41 bits per heavy atom. The summed E-state index contributed by atoms with van der Waals surface area (Å²) in [5, 5.41) is 2.98. The first kappa shape index (κ1) is 12.2. The first-order chi connectivity index (χ1) is 8.20. The number of carbonyl (C=O) groups excluding carboxylic acids is 1. The van der Waals surface area contributed by atoms with Gasteiger partial charge in [-0.1, -0.05) is 0 Å². The monoisotopic (exact) mass is 251 g/mol. The van der Waals surface area contributed by atoms with Crippen molar-refractivity contribution in [2.45, 2.75) is 6.92 Å². The third kappa shape index (κ3) is 2.91. The average Bonchev–Trinajstić information content (AvgIpc) is 2.38. The molecular formula is C12H17N3OS. The SMILES string of the molecule is CNc1cc(C(=O)N2CCSCC2)cc(C)n1. The standard InChI is InChI=1S/C12H17N3OS/c1-9-7-10(8-11(13-2)14-9)12(16)15-3-5-17-6-4-15/h7-8H,3-6H2,1-2H3,(H,13,14). The maximum absolute atomic E-state index is 12.3. The van der Waals surface area contributed by atoms with Crippen LogP contribution in [0.5, 0.6) is 0 Å². The number of nitrogens with zero attached hydrogens (tertiary/aromatic N) is 2. The molecule has 0 radical (unpaired) electrons. The fraction of sp³-hybridized carbons (Fsp3) is 0.500. The number of anilines is 1. The maximum Gasteiger partial charge on any atom is 0.254 e. The summed E-state index contributed by atoms with van der Waals surface area (Å²) in [4.78, 5) is 18.5. The molecule has 1 aromatic heterocycles. The lowest BCUT2D eigenvalue weighted by molar-refractivity contribution is 0.0772. The van der Waals surface area contributed by atoms with Gasteiger partial charge in [0.25, 0.3) is 5.91 Å². The summed E-state index contributed by atoms with van der Waals surface area (Å²) < 4.78 is 0. The highest BCUT2D eigenvalue weighted by molar-refractivity contribution is 7.99. The molecule has 5 heteroatoms. The molecule has 4 nitrogen and oxygen atoms in total. The Bertz CT molecular complexity index is 416. The summed E-state index contributed by atoms with van der Waals surface area (Å²) in [6.07, 6.45) is 0. The molecule has 0 bridgehead atoms. The van der Waals surface area contributed by atoms with Crippen LogP contribution in [0.3, 0.4) is 0 Å². The predicted molar refractivity (Wildman–Crippen MR) is 71.7 cm³/mol. The molecule has 17 heavy (non-hydrogen) atoms. The van der Waals surface area contributed by atoms with Crippen LogP contribution in [0.25, 0.3) is 0 Å². The molecule has 0 saturated carbocycles. The Labute approximate surface area is 106 Å². The summed E-state index contributed by atoms with van der Waals surface area (Å²) in [5.74, 6) is 2.94. The lowest BCUT2D eigenvalue weighted by Gasteiger charge is -2.26. The molecule has 1 fully saturated rings. The van der Waals surface area contributed by atoms with Gasteiger partial charge in [0.1, 0.15) is 5.82 Å². The van der Waals surface area contributed by atoms with Crippen LogP contribution < -0.4 is 5.32 Å². The number of hydrogen-bond acceptors (Lipinski definition) is 4. The lowest BCUT2D eigenvalue weighted by atomic mass is 10.2. The van der Waals surface area contributed by atoms with E-state index in [2.05, 4.69) is 10.3 Å². The van der Waals surface area contributed by atoms with E-state index in [0.29, 0.717) is 0 Å². The van der Waals surface area contributed by atoms with Gasteiger partial charge in [0.2, 0.25) is 0 Å². The molecule has 0 aliphatic carbocycles. The second-order valence-electron chi connectivity index (χ2n) is 4.04. The normalized spacial score (nSPS) is 15.8. The largest absolute Gasteiger partial charge is 0.373 e. The van der Waals surface area contributed by atoms with Gasteiger partial charge in [-0.15, -0.1) is 0 Å². The molecule has 1 aromatic rings. The van der Waals surface area contributed by atoms with Crippen LogP contribution in [0.1, 0.15) is 16.1 Å². The maximum atomic E-state index is 12.3. The number of carbonyl (C=O) groups is 1. The van der Waals surface area contributed by atoms with E-state index < -0.39 is 0 Å². The minimum atomic E-state index is 0.118. The summed E-state index contributed by atoms with van der Waals surface area (Å²) in [5.41, 5.74) is 1.60. The molecule has 0 spiro atoms. The van der Waals surface area contributed by atoms with E-state index in [9.17, 15) is 4.79 Å². The van der Waals surface area contributed by atoms with E-state index in [-0.39, 0.29) is 5.91 Å². The summed E-state index contributed by atoms with van der Waals surface area (Å²) in [6.45, 7) is 3.60. The molecular weight excluding hydrogens is 234 g/mol. The van der Waals surface area contributed by atoms with Crippen LogP contribution in [-0.2, 0) is 0 Å². The first-order valence-electron chi connectivity index (χ1n) is 5.74. The summed E-state index contributed by atoms with van der Waals surface area (Å²) >= 11 is 1.90. The van der Waals surface area contributed by atoms with Crippen molar-refractivity contribution in [2.24, 2.45) is 0 Å². The van der Waals surface area contributed by atoms with E-state index in [1.54, 1.807) is 0 Å². The van der Waals surface area contributed by atoms with Gasteiger partial charge in [-0.25, -0.2) is 4.98 Å². The summed E-state index contributed by atoms with van der Waals surface area (Å²) in [6, 6.07) is 3.67. The smallest absolute Gasteiger partial charge is 0.254 e. The van der Waals surface area contributed by atoms with E-state index in [0.717, 1.165) is 41.7 Å². The van der Waals surface area contributed by atoms with E-state index in [4.69, 9.17) is 0 Å². The zero-order valence-corrected chi connectivity index (χ0v) is 11.0. The predicted octanol–water partition coefficient (Wildman–Crippen LogP) is 1.62. The number of pyridine rings is 1. The third-order valence-corrected chi connectivity index (χ3v) is 3.70. The van der Waals surface area contributed by atoms with E-state index in [1.807, 2.05) is 42.8 Å². The van der Waals surface area contributed by atoms with Crippen molar-refractivity contribution in [2.75, 3.05) is 37.0 Å².